The molecular weight excluding hydrogens is 183 g/mol. The molecule has 0 aliphatic carbocycles. The van der Waals surface area contributed by atoms with Crippen LogP contribution in [-0.4, -0.2) is 10.9 Å². The Balaban J connectivity index is 3.79. The normalized spacial score (nSPS) is 9.00. The molecule has 0 aromatic rings. The second kappa shape index (κ2) is 5.30. The Morgan fingerprint density at radius 3 is 2.58 bits per heavy atom. The van der Waals surface area contributed by atoms with Gasteiger partial charge in [0.2, 0.25) is 6.11 Å². The maximum Gasteiger partial charge on any atom is 0.756 e. The monoisotopic (exact) mass is 189 g/mol. The van der Waals surface area contributed by atoms with Crippen molar-refractivity contribution in [2.24, 2.45) is 0 Å². The number of ether oxygens (including phenoxy) is 1. The summed E-state index contributed by atoms with van der Waals surface area (Å²) >= 11 is 0. The third kappa shape index (κ3) is 5.42. The van der Waals surface area contributed by atoms with Crippen molar-refractivity contribution in [3.05, 3.63) is 12.2 Å². The van der Waals surface area contributed by atoms with Gasteiger partial charge in [0.25, 0.3) is 0 Å². The molecular formula is C6H6O5P+. The number of esters is 1. The molecule has 0 aliphatic heterocycles. The summed E-state index contributed by atoms with van der Waals surface area (Å²) in [6.45, 7) is 4.72. The lowest BCUT2D eigenvalue weighted by Crippen LogP contribution is -1.99. The highest BCUT2D eigenvalue weighted by molar-refractivity contribution is 7.32. The maximum atomic E-state index is 10.6. The molecule has 1 N–H and O–H groups in total. The highest BCUT2D eigenvalue weighted by Crippen LogP contribution is 2.11. The molecule has 0 aromatic carbocycles. The molecule has 12 heavy (non-hydrogen) atoms. The molecule has 0 rings (SSSR count). The number of carbonyl (C=O) groups is 1. The molecule has 0 saturated carbocycles. The van der Waals surface area contributed by atoms with Crippen LogP contribution < -0.4 is 0 Å². The summed E-state index contributed by atoms with van der Waals surface area (Å²) in [6.07, 6.45) is 3.47. The van der Waals surface area contributed by atoms with Crippen LogP contribution >= 0.6 is 8.25 Å². The Labute approximate surface area is 69.9 Å². The average Bonchev–Trinajstić information content (AvgIpc) is 1.97. The number of hydrogen-bond donors (Lipinski definition) is 1. The summed E-state index contributed by atoms with van der Waals surface area (Å²) in [6, 6.07) is 0. The maximum absolute atomic E-state index is 10.6. The fourth-order valence-corrected chi connectivity index (χ4v) is 0.327. The van der Waals surface area contributed by atoms with E-state index in [0.717, 1.165) is 0 Å². The van der Waals surface area contributed by atoms with Crippen molar-refractivity contribution < 1.29 is 23.5 Å². The average molecular weight is 189 g/mol. The van der Waals surface area contributed by atoms with Gasteiger partial charge in [-0.25, -0.2) is 4.79 Å². The summed E-state index contributed by atoms with van der Waals surface area (Å²) in [7, 11) is -2.78. The lowest BCUT2D eigenvalue weighted by Gasteiger charge is -1.89. The lowest BCUT2D eigenvalue weighted by molar-refractivity contribution is -0.132. The Bertz CT molecular complexity index is 271. The first kappa shape index (κ1) is 10.6. The smallest absolute Gasteiger partial charge is 0.365 e. The van der Waals surface area contributed by atoms with Crippen molar-refractivity contribution in [3.63, 3.8) is 0 Å². The Morgan fingerprint density at radius 2 is 2.17 bits per heavy atom. The van der Waals surface area contributed by atoms with Gasteiger partial charge in [-0.05, 0) is 6.92 Å². The van der Waals surface area contributed by atoms with Crippen molar-refractivity contribution in [1.82, 2.24) is 0 Å². The number of carbonyl (C=O) groups excluding carboxylic acids is 1. The van der Waals surface area contributed by atoms with Crippen LogP contribution in [0.5, 0.6) is 0 Å². The van der Waals surface area contributed by atoms with Crippen LogP contribution in [0, 0.1) is 12.2 Å². The third-order valence-electron chi connectivity index (χ3n) is 0.658. The summed E-state index contributed by atoms with van der Waals surface area (Å²) in [5.41, 5.74) is 0.178. The van der Waals surface area contributed by atoms with Crippen LogP contribution in [0.1, 0.15) is 6.92 Å². The molecule has 0 spiro atoms. The van der Waals surface area contributed by atoms with Gasteiger partial charge in [0.15, 0.2) is 6.11 Å². The molecule has 0 bridgehead atoms. The van der Waals surface area contributed by atoms with Gasteiger partial charge in [0, 0.05) is 10.1 Å². The summed E-state index contributed by atoms with van der Waals surface area (Å²) in [5, 5.41) is 0. The first-order valence-corrected chi connectivity index (χ1v) is 3.87. The molecule has 1 unspecified atom stereocenters. The van der Waals surface area contributed by atoms with Crippen LogP contribution in [0.25, 0.3) is 0 Å². The molecule has 0 amide bonds. The minimum atomic E-state index is -2.78. The minimum Gasteiger partial charge on any atom is -0.365 e. The zero-order valence-electron chi connectivity index (χ0n) is 6.23. The SMILES string of the molecule is C=C(C)C(=O)OC#CO[P+](=O)O. The molecule has 0 heterocycles. The minimum absolute atomic E-state index is 0.178. The first-order chi connectivity index (χ1) is 5.54. The standard InChI is InChI=1S/C6H5O5P/c1-5(2)6(7)10-3-4-11-12(8)9/h1H2,2H3/p+1. The molecule has 0 saturated heterocycles. The Hall–Kier alpha value is -1.37. The second-order valence-corrected chi connectivity index (χ2v) is 2.36. The fourth-order valence-electron chi connectivity index (χ4n) is 0.212. The Morgan fingerprint density at radius 1 is 1.58 bits per heavy atom. The summed E-state index contributed by atoms with van der Waals surface area (Å²) in [4.78, 5) is 18.6. The molecule has 1 atom stereocenters. The zero-order valence-corrected chi connectivity index (χ0v) is 7.13. The van der Waals surface area contributed by atoms with Gasteiger partial charge in [-0.1, -0.05) is 6.58 Å². The van der Waals surface area contributed by atoms with Crippen molar-refractivity contribution in [3.8, 4) is 12.2 Å². The highest BCUT2D eigenvalue weighted by atomic mass is 31.1. The van der Waals surface area contributed by atoms with Crippen LogP contribution in [-0.2, 0) is 18.6 Å². The molecule has 64 valence electrons. The van der Waals surface area contributed by atoms with Crippen molar-refractivity contribution in [2.75, 3.05) is 0 Å². The highest BCUT2D eigenvalue weighted by Gasteiger charge is 2.08. The third-order valence-corrected chi connectivity index (χ3v) is 0.905. The van der Waals surface area contributed by atoms with E-state index < -0.39 is 14.2 Å². The van der Waals surface area contributed by atoms with E-state index in [9.17, 15) is 9.36 Å². The van der Waals surface area contributed by atoms with Crippen LogP contribution in [0.15, 0.2) is 12.2 Å². The quantitative estimate of drug-likeness (QED) is 0.299. The van der Waals surface area contributed by atoms with E-state index in [-0.39, 0.29) is 5.57 Å². The van der Waals surface area contributed by atoms with Crippen LogP contribution in [0.4, 0.5) is 0 Å². The van der Waals surface area contributed by atoms with E-state index in [1.54, 1.807) is 12.2 Å². The van der Waals surface area contributed by atoms with E-state index in [1.807, 2.05) is 0 Å². The fraction of sp³-hybridized carbons (Fsp3) is 0.167. The van der Waals surface area contributed by atoms with Gasteiger partial charge in [0.05, 0.1) is 0 Å². The van der Waals surface area contributed by atoms with Gasteiger partial charge in [-0.2, -0.15) is 4.52 Å². The van der Waals surface area contributed by atoms with Gasteiger partial charge < -0.3 is 4.74 Å². The lowest BCUT2D eigenvalue weighted by atomic mass is 10.4. The van der Waals surface area contributed by atoms with Crippen LogP contribution in [0.2, 0.25) is 0 Å². The van der Waals surface area contributed by atoms with E-state index in [0.29, 0.717) is 0 Å². The number of hydrogen-bond acceptors (Lipinski definition) is 4. The molecule has 0 radical (unpaired) electrons. The number of rotatable bonds is 2. The van der Waals surface area contributed by atoms with Crippen molar-refractivity contribution in [1.29, 1.82) is 0 Å². The van der Waals surface area contributed by atoms with Crippen molar-refractivity contribution >= 4 is 14.2 Å². The van der Waals surface area contributed by atoms with E-state index in [4.69, 9.17) is 4.89 Å². The predicted molar refractivity (Wildman–Crippen MR) is 39.6 cm³/mol. The molecule has 5 nitrogen and oxygen atoms in total. The van der Waals surface area contributed by atoms with E-state index >= 15 is 0 Å². The first-order valence-electron chi connectivity index (χ1n) is 2.74. The molecule has 6 heteroatoms. The van der Waals surface area contributed by atoms with Crippen molar-refractivity contribution in [2.45, 2.75) is 6.92 Å². The zero-order chi connectivity index (χ0) is 9.56. The topological polar surface area (TPSA) is 72.8 Å². The van der Waals surface area contributed by atoms with Gasteiger partial charge in [-0.3, -0.25) is 0 Å². The molecule has 0 aliphatic rings. The largest absolute Gasteiger partial charge is 0.756 e. The second-order valence-electron chi connectivity index (χ2n) is 1.70. The molecule has 0 fully saturated rings. The van der Waals surface area contributed by atoms with Gasteiger partial charge in [0.1, 0.15) is 0 Å². The Kier molecular flexibility index (Phi) is 4.70. The predicted octanol–water partition coefficient (Wildman–Crippen LogP) is 0.690. The van der Waals surface area contributed by atoms with Crippen LogP contribution in [0.3, 0.4) is 0 Å². The van der Waals surface area contributed by atoms with Gasteiger partial charge in [-0.15, -0.1) is 4.89 Å². The van der Waals surface area contributed by atoms with E-state index in [2.05, 4.69) is 15.8 Å². The van der Waals surface area contributed by atoms with E-state index in [1.165, 1.54) is 6.92 Å². The van der Waals surface area contributed by atoms with Gasteiger partial charge >= 0.3 is 14.2 Å². The summed E-state index contributed by atoms with van der Waals surface area (Å²) in [5.74, 6) is -0.709. The summed E-state index contributed by atoms with van der Waals surface area (Å²) < 4.78 is 17.9. The molecule has 0 aromatic heterocycles.